The Balaban J connectivity index is 2.38. The highest BCUT2D eigenvalue weighted by Gasteiger charge is 2.16. The van der Waals surface area contributed by atoms with Crippen molar-refractivity contribution < 1.29 is 9.90 Å². The lowest BCUT2D eigenvalue weighted by Gasteiger charge is -2.04. The third-order valence-electron chi connectivity index (χ3n) is 2.46. The summed E-state index contributed by atoms with van der Waals surface area (Å²) in [5.41, 5.74) is 7.01. The van der Waals surface area contributed by atoms with Crippen LogP contribution in [0.1, 0.15) is 5.69 Å². The summed E-state index contributed by atoms with van der Waals surface area (Å²) in [7, 11) is 0. The van der Waals surface area contributed by atoms with Gasteiger partial charge in [0.05, 0.1) is 5.02 Å². The third-order valence-corrected chi connectivity index (χ3v) is 2.89. The largest absolute Gasteiger partial charge is 0.480 e. The monoisotopic (exact) mass is 238 g/mol. The number of para-hydroxylation sites is 1. The van der Waals surface area contributed by atoms with E-state index in [9.17, 15) is 4.79 Å². The Morgan fingerprint density at radius 3 is 2.81 bits per heavy atom. The fourth-order valence-electron chi connectivity index (χ4n) is 1.61. The van der Waals surface area contributed by atoms with Crippen molar-refractivity contribution in [2.24, 2.45) is 5.73 Å². The van der Waals surface area contributed by atoms with Crippen LogP contribution in [0.25, 0.3) is 10.9 Å². The molecule has 1 unspecified atom stereocenters. The van der Waals surface area contributed by atoms with Gasteiger partial charge in [-0.1, -0.05) is 29.8 Å². The van der Waals surface area contributed by atoms with E-state index in [1.807, 2.05) is 24.3 Å². The van der Waals surface area contributed by atoms with E-state index < -0.39 is 12.0 Å². The topological polar surface area (TPSA) is 79.1 Å². The number of carboxylic acid groups (broad SMARTS) is 1. The molecule has 4 nitrogen and oxygen atoms in total. The van der Waals surface area contributed by atoms with Crippen molar-refractivity contribution >= 4 is 28.5 Å². The molecule has 1 aromatic carbocycles. The standard InChI is InChI=1S/C11H11ClN2O2/c12-10-6-3-1-2-4-8(6)14-9(10)5-7(13)11(15)16/h1-4,7,14H,5,13H2,(H,15,16). The summed E-state index contributed by atoms with van der Waals surface area (Å²) < 4.78 is 0. The van der Waals surface area contributed by atoms with Crippen LogP contribution in [0.2, 0.25) is 5.02 Å². The number of nitrogens with one attached hydrogen (secondary N) is 1. The van der Waals surface area contributed by atoms with Crippen LogP contribution >= 0.6 is 11.6 Å². The number of aliphatic carboxylic acids is 1. The van der Waals surface area contributed by atoms with Gasteiger partial charge in [0, 0.05) is 23.0 Å². The predicted octanol–water partition coefficient (Wildman–Crippen LogP) is 1.78. The molecule has 0 saturated carbocycles. The molecule has 16 heavy (non-hydrogen) atoms. The van der Waals surface area contributed by atoms with Crippen LogP contribution < -0.4 is 5.73 Å². The SMILES string of the molecule is NC(Cc1[nH]c2ccccc2c1Cl)C(=O)O. The van der Waals surface area contributed by atoms with Crippen LogP contribution in [0.3, 0.4) is 0 Å². The van der Waals surface area contributed by atoms with Crippen LogP contribution in [0, 0.1) is 0 Å². The van der Waals surface area contributed by atoms with Crippen molar-refractivity contribution in [3.05, 3.63) is 35.0 Å². The van der Waals surface area contributed by atoms with Gasteiger partial charge in [0.15, 0.2) is 0 Å². The number of hydrogen-bond donors (Lipinski definition) is 3. The van der Waals surface area contributed by atoms with Gasteiger partial charge < -0.3 is 15.8 Å². The minimum absolute atomic E-state index is 0.197. The summed E-state index contributed by atoms with van der Waals surface area (Å²) in [5.74, 6) is -1.03. The molecule has 0 radical (unpaired) electrons. The number of nitrogens with two attached hydrogens (primary N) is 1. The molecular weight excluding hydrogens is 228 g/mol. The maximum Gasteiger partial charge on any atom is 0.320 e. The zero-order chi connectivity index (χ0) is 11.7. The van der Waals surface area contributed by atoms with E-state index in [2.05, 4.69) is 4.98 Å². The second kappa shape index (κ2) is 4.15. The number of aromatic nitrogens is 1. The minimum Gasteiger partial charge on any atom is -0.480 e. The second-order valence-corrected chi connectivity index (χ2v) is 3.99. The lowest BCUT2D eigenvalue weighted by Crippen LogP contribution is -2.32. The Kier molecular flexibility index (Phi) is 2.85. The molecule has 1 atom stereocenters. The zero-order valence-corrected chi connectivity index (χ0v) is 9.16. The molecule has 0 bridgehead atoms. The average molecular weight is 239 g/mol. The number of aromatic amines is 1. The zero-order valence-electron chi connectivity index (χ0n) is 8.40. The number of fused-ring (bicyclic) bond motifs is 1. The number of hydrogen-bond acceptors (Lipinski definition) is 2. The van der Waals surface area contributed by atoms with Crippen molar-refractivity contribution in [1.82, 2.24) is 4.98 Å². The Morgan fingerprint density at radius 1 is 1.50 bits per heavy atom. The van der Waals surface area contributed by atoms with Gasteiger partial charge in [0.1, 0.15) is 6.04 Å². The predicted molar refractivity (Wildman–Crippen MR) is 62.6 cm³/mol. The van der Waals surface area contributed by atoms with E-state index in [-0.39, 0.29) is 6.42 Å². The van der Waals surface area contributed by atoms with Gasteiger partial charge in [-0.3, -0.25) is 4.79 Å². The first kappa shape index (κ1) is 11.0. The highest BCUT2D eigenvalue weighted by Crippen LogP contribution is 2.27. The number of carboxylic acids is 1. The first-order valence-corrected chi connectivity index (χ1v) is 5.21. The number of H-pyrrole nitrogens is 1. The maximum absolute atomic E-state index is 10.6. The summed E-state index contributed by atoms with van der Waals surface area (Å²) in [6.45, 7) is 0. The summed E-state index contributed by atoms with van der Waals surface area (Å²) in [4.78, 5) is 13.7. The quantitative estimate of drug-likeness (QED) is 0.763. The fourth-order valence-corrected chi connectivity index (χ4v) is 1.90. The molecule has 2 rings (SSSR count). The number of benzene rings is 1. The van der Waals surface area contributed by atoms with E-state index >= 15 is 0 Å². The first-order valence-electron chi connectivity index (χ1n) is 4.83. The van der Waals surface area contributed by atoms with E-state index in [1.54, 1.807) is 0 Å². The molecule has 1 aromatic heterocycles. The first-order chi connectivity index (χ1) is 7.59. The molecule has 4 N–H and O–H groups in total. The van der Waals surface area contributed by atoms with Crippen LogP contribution in [-0.4, -0.2) is 22.1 Å². The Labute approximate surface area is 97.0 Å². The molecule has 0 spiro atoms. The Bertz CT molecular complexity index is 536. The molecule has 1 heterocycles. The van der Waals surface area contributed by atoms with Crippen molar-refractivity contribution in [1.29, 1.82) is 0 Å². The summed E-state index contributed by atoms with van der Waals surface area (Å²) in [5, 5.41) is 10.2. The highest BCUT2D eigenvalue weighted by atomic mass is 35.5. The van der Waals surface area contributed by atoms with Crippen molar-refractivity contribution in [3.8, 4) is 0 Å². The smallest absolute Gasteiger partial charge is 0.320 e. The summed E-state index contributed by atoms with van der Waals surface area (Å²) in [6, 6.07) is 6.59. The van der Waals surface area contributed by atoms with Gasteiger partial charge in [-0.05, 0) is 6.07 Å². The lowest BCUT2D eigenvalue weighted by atomic mass is 10.1. The molecule has 5 heteroatoms. The third kappa shape index (κ3) is 1.89. The molecule has 2 aromatic rings. The Morgan fingerprint density at radius 2 is 2.19 bits per heavy atom. The molecule has 0 aliphatic rings. The molecule has 0 saturated heterocycles. The second-order valence-electron chi connectivity index (χ2n) is 3.61. The Hall–Kier alpha value is -1.52. The normalized spacial score (nSPS) is 12.9. The highest BCUT2D eigenvalue weighted by molar-refractivity contribution is 6.36. The van der Waals surface area contributed by atoms with Gasteiger partial charge in [0.2, 0.25) is 0 Å². The van der Waals surface area contributed by atoms with Gasteiger partial charge in [-0.25, -0.2) is 0 Å². The van der Waals surface area contributed by atoms with Crippen molar-refractivity contribution in [2.75, 3.05) is 0 Å². The number of rotatable bonds is 3. The lowest BCUT2D eigenvalue weighted by molar-refractivity contribution is -0.138. The van der Waals surface area contributed by atoms with Crippen LogP contribution in [0.4, 0.5) is 0 Å². The van der Waals surface area contributed by atoms with Crippen molar-refractivity contribution in [2.45, 2.75) is 12.5 Å². The van der Waals surface area contributed by atoms with Crippen LogP contribution in [-0.2, 0) is 11.2 Å². The van der Waals surface area contributed by atoms with E-state index in [4.69, 9.17) is 22.4 Å². The molecule has 0 fully saturated rings. The molecule has 0 amide bonds. The van der Waals surface area contributed by atoms with Gasteiger partial charge >= 0.3 is 5.97 Å². The average Bonchev–Trinajstić information content (AvgIpc) is 2.56. The maximum atomic E-state index is 10.6. The summed E-state index contributed by atoms with van der Waals surface area (Å²) in [6.07, 6.45) is 0.197. The van der Waals surface area contributed by atoms with Gasteiger partial charge in [0.25, 0.3) is 0 Å². The fraction of sp³-hybridized carbons (Fsp3) is 0.182. The number of carbonyl (C=O) groups is 1. The van der Waals surface area contributed by atoms with Gasteiger partial charge in [-0.2, -0.15) is 0 Å². The van der Waals surface area contributed by atoms with E-state index in [0.29, 0.717) is 10.7 Å². The molecule has 84 valence electrons. The molecule has 0 aliphatic carbocycles. The molecule has 0 aliphatic heterocycles. The number of halogens is 1. The van der Waals surface area contributed by atoms with E-state index in [0.717, 1.165) is 10.9 Å². The van der Waals surface area contributed by atoms with E-state index in [1.165, 1.54) is 0 Å². The van der Waals surface area contributed by atoms with Crippen LogP contribution in [0.5, 0.6) is 0 Å². The molecular formula is C11H11ClN2O2. The summed E-state index contributed by atoms with van der Waals surface area (Å²) >= 11 is 6.13. The van der Waals surface area contributed by atoms with Gasteiger partial charge in [-0.15, -0.1) is 0 Å². The minimum atomic E-state index is -1.03. The van der Waals surface area contributed by atoms with Crippen LogP contribution in [0.15, 0.2) is 24.3 Å². The van der Waals surface area contributed by atoms with Crippen molar-refractivity contribution in [3.63, 3.8) is 0 Å².